The minimum Gasteiger partial charge on any atom is -0.389 e. The van der Waals surface area contributed by atoms with E-state index in [1.165, 1.54) is 0 Å². The molecule has 2 heterocycles. The molecule has 0 bridgehead atoms. The van der Waals surface area contributed by atoms with Crippen LogP contribution in [0.1, 0.15) is 22.3 Å². The van der Waals surface area contributed by atoms with E-state index in [9.17, 15) is 14.7 Å². The van der Waals surface area contributed by atoms with Gasteiger partial charge in [-0.2, -0.15) is 0 Å². The highest BCUT2D eigenvalue weighted by Gasteiger charge is 2.31. The van der Waals surface area contributed by atoms with Gasteiger partial charge in [0.1, 0.15) is 0 Å². The fraction of sp³-hybridized carbons (Fsp3) is 0.316. The molecule has 2 atom stereocenters. The summed E-state index contributed by atoms with van der Waals surface area (Å²) < 4.78 is 0. The van der Waals surface area contributed by atoms with Crippen molar-refractivity contribution in [1.29, 1.82) is 0 Å². The van der Waals surface area contributed by atoms with Crippen molar-refractivity contribution >= 4 is 23.4 Å². The number of carbonyl (C=O) groups excluding carboxylic acids is 2. The second-order valence-electron chi connectivity index (χ2n) is 6.31. The molecule has 1 fully saturated rings. The minimum absolute atomic E-state index is 0.0507. The average Bonchev–Trinajstić information content (AvgIpc) is 2.66. The Hall–Kier alpha value is -2.44. The Balaban J connectivity index is 1.53. The first-order valence-electron chi connectivity index (χ1n) is 8.44. The van der Waals surface area contributed by atoms with Crippen LogP contribution in [-0.4, -0.2) is 52.0 Å². The molecule has 0 saturated carbocycles. The summed E-state index contributed by atoms with van der Waals surface area (Å²) >= 11 is 5.85. The Kier molecular flexibility index (Phi) is 5.85. The molecular formula is C19H20ClN3O3. The van der Waals surface area contributed by atoms with E-state index < -0.39 is 6.10 Å². The summed E-state index contributed by atoms with van der Waals surface area (Å²) in [6.07, 6.45) is 3.05. The number of pyridine rings is 1. The van der Waals surface area contributed by atoms with E-state index in [0.717, 1.165) is 5.56 Å². The number of piperidine rings is 1. The number of aliphatic hydroxyl groups is 1. The van der Waals surface area contributed by atoms with E-state index >= 15 is 0 Å². The van der Waals surface area contributed by atoms with Crippen LogP contribution in [0, 0.1) is 0 Å². The quantitative estimate of drug-likeness (QED) is 0.854. The highest BCUT2D eigenvalue weighted by molar-refractivity contribution is 6.30. The number of likely N-dealkylation sites (tertiary alicyclic amines) is 1. The lowest BCUT2D eigenvalue weighted by Gasteiger charge is -2.36. The van der Waals surface area contributed by atoms with Crippen LogP contribution in [0.15, 0.2) is 48.8 Å². The monoisotopic (exact) mass is 373 g/mol. The Morgan fingerprint density at radius 1 is 1.19 bits per heavy atom. The van der Waals surface area contributed by atoms with Crippen LogP contribution in [0.25, 0.3) is 0 Å². The largest absolute Gasteiger partial charge is 0.389 e. The zero-order valence-electron chi connectivity index (χ0n) is 14.1. The van der Waals surface area contributed by atoms with Crippen molar-refractivity contribution in [3.8, 4) is 0 Å². The summed E-state index contributed by atoms with van der Waals surface area (Å²) in [5.74, 6) is -0.303. The van der Waals surface area contributed by atoms with E-state index in [1.54, 1.807) is 41.6 Å². The molecule has 2 N–H and O–H groups in total. The highest BCUT2D eigenvalue weighted by Crippen LogP contribution is 2.15. The van der Waals surface area contributed by atoms with Crippen LogP contribution in [0.4, 0.5) is 0 Å². The van der Waals surface area contributed by atoms with E-state index in [2.05, 4.69) is 10.3 Å². The van der Waals surface area contributed by atoms with Crippen molar-refractivity contribution in [2.24, 2.45) is 0 Å². The molecule has 6 nitrogen and oxygen atoms in total. The SMILES string of the molecule is O=C(NC1CCN(C(=O)Cc2ccc(Cl)cc2)CC1O)c1ccncc1. The number of amides is 2. The van der Waals surface area contributed by atoms with E-state index in [0.29, 0.717) is 23.6 Å². The number of aliphatic hydroxyl groups excluding tert-OH is 1. The molecule has 1 aromatic carbocycles. The number of halogens is 1. The van der Waals surface area contributed by atoms with Gasteiger partial charge < -0.3 is 15.3 Å². The maximum Gasteiger partial charge on any atom is 0.251 e. The predicted molar refractivity (Wildman–Crippen MR) is 97.9 cm³/mol. The normalized spacial score (nSPS) is 19.8. The van der Waals surface area contributed by atoms with Gasteiger partial charge in [-0.3, -0.25) is 14.6 Å². The van der Waals surface area contributed by atoms with Gasteiger partial charge in [-0.15, -0.1) is 0 Å². The van der Waals surface area contributed by atoms with Gasteiger partial charge in [-0.25, -0.2) is 0 Å². The fourth-order valence-corrected chi connectivity index (χ4v) is 3.10. The van der Waals surface area contributed by atoms with Crippen molar-refractivity contribution in [2.75, 3.05) is 13.1 Å². The van der Waals surface area contributed by atoms with Crippen LogP contribution < -0.4 is 5.32 Å². The van der Waals surface area contributed by atoms with E-state index in [-0.39, 0.29) is 30.8 Å². The minimum atomic E-state index is -0.802. The van der Waals surface area contributed by atoms with Crippen LogP contribution in [0.5, 0.6) is 0 Å². The van der Waals surface area contributed by atoms with Crippen LogP contribution in [0.2, 0.25) is 5.02 Å². The standard InChI is InChI=1S/C19H20ClN3O3/c20-15-3-1-13(2-4-15)11-18(25)23-10-7-16(17(24)12-23)22-19(26)14-5-8-21-9-6-14/h1-6,8-9,16-17,24H,7,10-12H2,(H,22,26). The topological polar surface area (TPSA) is 82.5 Å². The first-order valence-corrected chi connectivity index (χ1v) is 8.82. The molecule has 1 aliphatic rings. The van der Waals surface area contributed by atoms with Crippen molar-refractivity contribution in [1.82, 2.24) is 15.2 Å². The molecular weight excluding hydrogens is 354 g/mol. The average molecular weight is 374 g/mol. The molecule has 26 heavy (non-hydrogen) atoms. The van der Waals surface area contributed by atoms with Gasteiger partial charge >= 0.3 is 0 Å². The van der Waals surface area contributed by atoms with E-state index in [1.807, 2.05) is 12.1 Å². The highest BCUT2D eigenvalue weighted by atomic mass is 35.5. The maximum atomic E-state index is 12.4. The molecule has 3 rings (SSSR count). The molecule has 1 saturated heterocycles. The third-order valence-electron chi connectivity index (χ3n) is 4.46. The van der Waals surface area contributed by atoms with Crippen LogP contribution >= 0.6 is 11.6 Å². The number of carbonyl (C=O) groups is 2. The van der Waals surface area contributed by atoms with Crippen LogP contribution in [0.3, 0.4) is 0 Å². The first kappa shape index (κ1) is 18.4. The van der Waals surface area contributed by atoms with E-state index in [4.69, 9.17) is 11.6 Å². The van der Waals surface area contributed by atoms with Gasteiger partial charge in [0.2, 0.25) is 5.91 Å². The van der Waals surface area contributed by atoms with Gasteiger partial charge in [0.25, 0.3) is 5.91 Å². The molecule has 1 aromatic heterocycles. The number of benzene rings is 1. The summed E-state index contributed by atoms with van der Waals surface area (Å²) in [6.45, 7) is 0.693. The smallest absolute Gasteiger partial charge is 0.251 e. The summed E-state index contributed by atoms with van der Waals surface area (Å²) in [5, 5.41) is 13.8. The molecule has 2 unspecified atom stereocenters. The van der Waals surface area contributed by atoms with Gasteiger partial charge in [0.15, 0.2) is 0 Å². The summed E-state index contributed by atoms with van der Waals surface area (Å²) in [5.41, 5.74) is 1.37. The number of nitrogens with one attached hydrogen (secondary N) is 1. The lowest BCUT2D eigenvalue weighted by atomic mass is 10.0. The summed E-state index contributed by atoms with van der Waals surface area (Å²) in [7, 11) is 0. The number of aromatic nitrogens is 1. The number of hydrogen-bond donors (Lipinski definition) is 2. The Bertz CT molecular complexity index is 767. The zero-order chi connectivity index (χ0) is 18.5. The number of nitrogens with zero attached hydrogens (tertiary/aromatic N) is 2. The Morgan fingerprint density at radius 3 is 2.54 bits per heavy atom. The molecule has 1 aliphatic heterocycles. The second-order valence-corrected chi connectivity index (χ2v) is 6.75. The van der Waals surface area contributed by atoms with Crippen LogP contribution in [-0.2, 0) is 11.2 Å². The van der Waals surface area contributed by atoms with Gasteiger partial charge in [-0.1, -0.05) is 23.7 Å². The molecule has 0 radical (unpaired) electrons. The van der Waals surface area contributed by atoms with Crippen molar-refractivity contribution < 1.29 is 14.7 Å². The molecule has 0 aliphatic carbocycles. The van der Waals surface area contributed by atoms with Gasteiger partial charge in [0.05, 0.1) is 18.6 Å². The van der Waals surface area contributed by atoms with Crippen molar-refractivity contribution in [3.63, 3.8) is 0 Å². The first-order chi connectivity index (χ1) is 12.5. The van der Waals surface area contributed by atoms with Crippen molar-refractivity contribution in [3.05, 3.63) is 64.9 Å². The Labute approximate surface area is 156 Å². The third-order valence-corrected chi connectivity index (χ3v) is 4.71. The Morgan fingerprint density at radius 2 is 1.88 bits per heavy atom. The second kappa shape index (κ2) is 8.29. The number of hydrogen-bond acceptors (Lipinski definition) is 4. The molecule has 0 spiro atoms. The molecule has 2 aromatic rings. The third kappa shape index (κ3) is 4.59. The lowest BCUT2D eigenvalue weighted by molar-refractivity contribution is -0.134. The zero-order valence-corrected chi connectivity index (χ0v) is 14.9. The lowest BCUT2D eigenvalue weighted by Crippen LogP contribution is -2.55. The number of rotatable bonds is 4. The molecule has 7 heteroatoms. The summed E-state index contributed by atoms with van der Waals surface area (Å²) in [4.78, 5) is 30.1. The number of β-amino-alcohol motifs (C(OH)–C–C–N with tert-alkyl or cyclic N) is 1. The van der Waals surface area contributed by atoms with Gasteiger partial charge in [-0.05, 0) is 36.2 Å². The predicted octanol–water partition coefficient (Wildman–Crippen LogP) is 1.67. The molecule has 2 amide bonds. The molecule has 136 valence electrons. The maximum absolute atomic E-state index is 12.4. The van der Waals surface area contributed by atoms with Crippen molar-refractivity contribution in [2.45, 2.75) is 25.0 Å². The fourth-order valence-electron chi connectivity index (χ4n) is 2.97. The van der Waals surface area contributed by atoms with Gasteiger partial charge in [0, 0.05) is 36.1 Å². The summed E-state index contributed by atoms with van der Waals surface area (Å²) in [6, 6.07) is 9.99.